The number of benzene rings is 1. The van der Waals surface area contributed by atoms with E-state index in [4.69, 9.17) is 9.47 Å². The molecule has 5 atom stereocenters. The lowest BCUT2D eigenvalue weighted by atomic mass is 10.1. The largest absolute Gasteiger partial charge is 0.472 e. The van der Waals surface area contributed by atoms with E-state index < -0.39 is 74.3 Å². The lowest BCUT2D eigenvalue weighted by Gasteiger charge is -2.30. The highest BCUT2D eigenvalue weighted by Crippen LogP contribution is 2.45. The molecule has 3 N–H and O–H groups in total. The molecular weight excluding hydrogens is 770 g/mol. The zero-order chi connectivity index (χ0) is 38.9. The Labute approximate surface area is 317 Å². The summed E-state index contributed by atoms with van der Waals surface area (Å²) < 4.78 is 40.1. The number of nitrogens with one attached hydrogen (secondary N) is 3. The predicted molar refractivity (Wildman–Crippen MR) is 200 cm³/mol. The first-order valence-corrected chi connectivity index (χ1v) is 19.8. The molecule has 14 nitrogen and oxygen atoms in total. The van der Waals surface area contributed by atoms with Crippen molar-refractivity contribution < 1.29 is 41.9 Å². The van der Waals surface area contributed by atoms with Gasteiger partial charge >= 0.3 is 6.09 Å². The van der Waals surface area contributed by atoms with Crippen LogP contribution < -0.4 is 20.1 Å². The molecule has 0 radical (unpaired) electrons. The lowest BCUT2D eigenvalue weighted by molar-refractivity contribution is -0.141. The molecule has 286 valence electrons. The van der Waals surface area contributed by atoms with Crippen LogP contribution in [0.5, 0.6) is 5.88 Å². The molecule has 2 saturated carbocycles. The molecule has 3 aliphatic rings. The van der Waals surface area contributed by atoms with Crippen LogP contribution in [0.15, 0.2) is 59.2 Å². The number of aromatic nitrogens is 1. The monoisotopic (exact) mass is 815 g/mol. The molecule has 53 heavy (non-hydrogen) atoms. The van der Waals surface area contributed by atoms with E-state index in [9.17, 15) is 32.4 Å². The number of likely N-dealkylation sites (tertiary alicyclic amines) is 1. The molecule has 4 amide bonds. The van der Waals surface area contributed by atoms with E-state index >= 15 is 0 Å². The molecule has 0 bridgehead atoms. The molecule has 1 aliphatic heterocycles. The summed E-state index contributed by atoms with van der Waals surface area (Å²) >= 11 is 3.47. The number of pyridine rings is 1. The molecule has 0 spiro atoms. The SMILES string of the molecule is C=C[C@@H]1C[C@]1(NC(=O)[C@@H]1CC(Oc2nccc3ccc(Br)cc23)CN1C(=O)[C@H](CCC(=O)C=C(C)C)NC(=O)OC(C)(C)C)C(=O)NS(=O)(=O)C1CC1. The summed E-state index contributed by atoms with van der Waals surface area (Å²) in [7, 11) is -3.93. The standard InChI is InChI=1S/C37H46BrN5O9S/c1-7-23-19-37(23,34(47)42-53(49,50)27-11-12-27)41-31(45)30-18-26(51-32-28-17-24(38)9-8-22(28)14-15-39-32)20-43(30)33(46)29(13-10-25(44)16-21(2)3)40-35(48)52-36(4,5)6/h7-9,14-17,23,26-27,29-30H,1,10-13,18-20H2,2-6H3,(H,40,48)(H,41,45)(H,42,47)/t23-,26?,29+,30+,37-/m1/s1. The quantitative estimate of drug-likeness (QED) is 0.184. The van der Waals surface area contributed by atoms with Gasteiger partial charge in [0.05, 0.1) is 11.8 Å². The van der Waals surface area contributed by atoms with Crippen molar-refractivity contribution in [2.45, 2.75) is 108 Å². The fourth-order valence-corrected chi connectivity index (χ4v) is 8.07. The summed E-state index contributed by atoms with van der Waals surface area (Å²) in [5.41, 5.74) is -1.72. The van der Waals surface area contributed by atoms with E-state index in [0.717, 1.165) is 15.4 Å². The van der Waals surface area contributed by atoms with Crippen molar-refractivity contribution in [1.82, 2.24) is 25.2 Å². The Morgan fingerprint density at radius 3 is 2.49 bits per heavy atom. The van der Waals surface area contributed by atoms with Crippen LogP contribution in [-0.2, 0) is 33.9 Å². The number of fused-ring (bicyclic) bond motifs is 1. The van der Waals surface area contributed by atoms with Crippen LogP contribution in [0.1, 0.15) is 73.1 Å². The molecule has 3 fully saturated rings. The van der Waals surface area contributed by atoms with Crippen LogP contribution in [0.25, 0.3) is 10.8 Å². The van der Waals surface area contributed by atoms with Crippen molar-refractivity contribution in [1.29, 1.82) is 0 Å². The molecule has 5 rings (SSSR count). The summed E-state index contributed by atoms with van der Waals surface area (Å²) in [6.07, 6.45) is 3.62. The number of ketones is 1. The molecule has 2 heterocycles. The number of hydrogen-bond donors (Lipinski definition) is 3. The fraction of sp³-hybridized carbons (Fsp3) is 0.514. The number of allylic oxidation sites excluding steroid dienone is 2. The molecule has 2 aliphatic carbocycles. The Morgan fingerprint density at radius 1 is 1.15 bits per heavy atom. The third-order valence-electron chi connectivity index (χ3n) is 9.19. The maximum absolute atomic E-state index is 14.5. The summed E-state index contributed by atoms with van der Waals surface area (Å²) in [6, 6.07) is 4.92. The van der Waals surface area contributed by atoms with E-state index in [-0.39, 0.29) is 43.9 Å². The van der Waals surface area contributed by atoms with Gasteiger partial charge in [-0.1, -0.05) is 33.6 Å². The average molecular weight is 817 g/mol. The highest BCUT2D eigenvalue weighted by atomic mass is 79.9. The van der Waals surface area contributed by atoms with Gasteiger partial charge in [0.15, 0.2) is 5.78 Å². The van der Waals surface area contributed by atoms with Crippen LogP contribution in [0, 0.1) is 5.92 Å². The first-order chi connectivity index (χ1) is 24.8. The van der Waals surface area contributed by atoms with Gasteiger partial charge in [0, 0.05) is 34.8 Å². The Kier molecular flexibility index (Phi) is 11.7. The highest BCUT2D eigenvalue weighted by Gasteiger charge is 2.62. The predicted octanol–water partition coefficient (Wildman–Crippen LogP) is 4.22. The molecule has 1 aromatic heterocycles. The van der Waals surface area contributed by atoms with Crippen molar-refractivity contribution >= 4 is 66.3 Å². The van der Waals surface area contributed by atoms with Gasteiger partial charge in [-0.05, 0) is 90.0 Å². The van der Waals surface area contributed by atoms with Gasteiger partial charge in [-0.3, -0.25) is 23.9 Å². The van der Waals surface area contributed by atoms with Crippen molar-refractivity contribution in [2.24, 2.45) is 5.92 Å². The number of hydrogen-bond acceptors (Lipinski definition) is 10. The third kappa shape index (κ3) is 9.82. The Bertz CT molecular complexity index is 1950. The maximum atomic E-state index is 14.5. The maximum Gasteiger partial charge on any atom is 0.408 e. The van der Waals surface area contributed by atoms with Crippen LogP contribution in [0.4, 0.5) is 4.79 Å². The number of carbonyl (C=O) groups excluding carboxylic acids is 5. The summed E-state index contributed by atoms with van der Waals surface area (Å²) in [5.74, 6) is -2.81. The van der Waals surface area contributed by atoms with Crippen LogP contribution in [0.3, 0.4) is 0 Å². The van der Waals surface area contributed by atoms with E-state index in [2.05, 4.69) is 42.8 Å². The first kappa shape index (κ1) is 39.9. The van der Waals surface area contributed by atoms with Gasteiger partial charge in [-0.2, -0.15) is 0 Å². The van der Waals surface area contributed by atoms with Gasteiger partial charge < -0.3 is 25.0 Å². The molecule has 1 aromatic carbocycles. The second-order valence-electron chi connectivity index (χ2n) is 15.1. The minimum atomic E-state index is -3.93. The molecule has 1 unspecified atom stereocenters. The van der Waals surface area contributed by atoms with E-state index in [1.54, 1.807) is 40.8 Å². The summed E-state index contributed by atoms with van der Waals surface area (Å²) in [4.78, 5) is 73.5. The fourth-order valence-electron chi connectivity index (χ4n) is 6.35. The Morgan fingerprint density at radius 2 is 1.87 bits per heavy atom. The van der Waals surface area contributed by atoms with Crippen LogP contribution in [-0.4, -0.2) is 89.0 Å². The number of carbonyl (C=O) groups is 5. The molecule has 16 heteroatoms. The van der Waals surface area contributed by atoms with Gasteiger partial charge in [0.25, 0.3) is 5.91 Å². The molecule has 2 aromatic rings. The number of nitrogens with zero attached hydrogens (tertiary/aromatic N) is 2. The van der Waals surface area contributed by atoms with Crippen molar-refractivity contribution in [2.75, 3.05) is 6.54 Å². The number of alkyl carbamates (subject to hydrolysis) is 1. The third-order valence-corrected chi connectivity index (χ3v) is 11.5. The van der Waals surface area contributed by atoms with Crippen LogP contribution in [0.2, 0.25) is 0 Å². The number of sulfonamides is 1. The van der Waals surface area contributed by atoms with E-state index in [0.29, 0.717) is 18.2 Å². The lowest BCUT2D eigenvalue weighted by Crippen LogP contribution is -2.58. The van der Waals surface area contributed by atoms with Crippen LogP contribution >= 0.6 is 15.9 Å². The first-order valence-electron chi connectivity index (χ1n) is 17.5. The number of halogens is 1. The van der Waals surface area contributed by atoms with E-state index in [1.807, 2.05) is 24.3 Å². The van der Waals surface area contributed by atoms with Gasteiger partial charge in [-0.15, -0.1) is 6.58 Å². The van der Waals surface area contributed by atoms with Gasteiger partial charge in [0.2, 0.25) is 27.7 Å². The Balaban J connectivity index is 1.45. The normalized spacial score (nSPS) is 23.0. The minimum absolute atomic E-state index is 0.0314. The second kappa shape index (κ2) is 15.6. The Hall–Kier alpha value is -4.31. The highest BCUT2D eigenvalue weighted by molar-refractivity contribution is 9.10. The van der Waals surface area contributed by atoms with Gasteiger partial charge in [0.1, 0.15) is 29.3 Å². The molecule has 1 saturated heterocycles. The topological polar surface area (TPSA) is 190 Å². The minimum Gasteiger partial charge on any atom is -0.472 e. The zero-order valence-electron chi connectivity index (χ0n) is 30.4. The average Bonchev–Trinajstić information content (AvgIpc) is 3.98. The second-order valence-corrected chi connectivity index (χ2v) is 17.9. The molecular formula is C37H46BrN5O9S. The van der Waals surface area contributed by atoms with Gasteiger partial charge in [-0.25, -0.2) is 18.2 Å². The number of amides is 4. The number of rotatable bonds is 14. The summed E-state index contributed by atoms with van der Waals surface area (Å²) in [6.45, 7) is 12.2. The van der Waals surface area contributed by atoms with E-state index in [1.165, 1.54) is 17.1 Å². The number of ether oxygens (including phenoxy) is 2. The van der Waals surface area contributed by atoms with Crippen molar-refractivity contribution in [3.63, 3.8) is 0 Å². The summed E-state index contributed by atoms with van der Waals surface area (Å²) in [5, 5.41) is 6.21. The van der Waals surface area contributed by atoms with Crippen molar-refractivity contribution in [3.8, 4) is 5.88 Å². The smallest absolute Gasteiger partial charge is 0.408 e. The zero-order valence-corrected chi connectivity index (χ0v) is 32.8. The van der Waals surface area contributed by atoms with Crippen molar-refractivity contribution in [3.05, 3.63) is 59.2 Å².